The van der Waals surface area contributed by atoms with E-state index in [1.807, 2.05) is 26.2 Å². The number of aliphatic hydroxyl groups is 2. The van der Waals surface area contributed by atoms with Gasteiger partial charge >= 0.3 is 31.9 Å². The highest BCUT2D eigenvalue weighted by Gasteiger charge is 2.49. The maximum Gasteiger partial charge on any atom is 0.389 e. The molecule has 0 aliphatic carbocycles. The molecule has 0 saturated carbocycles. The van der Waals surface area contributed by atoms with Gasteiger partial charge < -0.3 is 36.1 Å². The van der Waals surface area contributed by atoms with Gasteiger partial charge in [-0.2, -0.15) is 13.2 Å². The molecule has 0 fully saturated rings. The molecule has 0 aromatic heterocycles. The molecule has 0 spiro atoms. The minimum absolute atomic E-state index is 0.222. The molecule has 16 heteroatoms. The van der Waals surface area contributed by atoms with Gasteiger partial charge in [-0.1, -0.05) is 0 Å². The van der Waals surface area contributed by atoms with E-state index in [4.69, 9.17) is 25.9 Å². The number of rotatable bonds is 22. The second-order valence-corrected chi connectivity index (χ2v) is 32.7. The molecule has 0 amide bonds. The lowest BCUT2D eigenvalue weighted by molar-refractivity contribution is -0.131. The van der Waals surface area contributed by atoms with Crippen LogP contribution in [0.1, 0.15) is 33.1 Å². The van der Waals surface area contributed by atoms with Crippen molar-refractivity contribution < 1.29 is 49.3 Å². The third-order valence-electron chi connectivity index (χ3n) is 5.68. The fourth-order valence-corrected chi connectivity index (χ4v) is 29.7. The van der Waals surface area contributed by atoms with Crippen molar-refractivity contribution in [3.05, 3.63) is 0 Å². The summed E-state index contributed by atoms with van der Waals surface area (Å²) in [6, 6.07) is 1.39. The first kappa shape index (κ1) is 40.6. The number of halogens is 3. The molecule has 0 heterocycles. The van der Waals surface area contributed by atoms with Crippen LogP contribution in [0.5, 0.6) is 0 Å². The molecule has 0 rings (SSSR count). The van der Waals surface area contributed by atoms with Gasteiger partial charge in [-0.25, -0.2) is 0 Å². The first-order valence-corrected chi connectivity index (χ1v) is 28.6. The van der Waals surface area contributed by atoms with Crippen LogP contribution in [0.2, 0.25) is 77.1 Å². The van der Waals surface area contributed by atoms with Crippen molar-refractivity contribution in [1.29, 1.82) is 0 Å². The molecule has 0 aliphatic rings. The van der Waals surface area contributed by atoms with Crippen molar-refractivity contribution in [1.82, 2.24) is 0 Å². The van der Waals surface area contributed by atoms with Gasteiger partial charge in [0.25, 0.3) is 0 Å². The quantitative estimate of drug-likeness (QED) is 0.100. The summed E-state index contributed by atoms with van der Waals surface area (Å²) < 4.78 is 77.1. The van der Waals surface area contributed by atoms with Crippen molar-refractivity contribution in [3.8, 4) is 0 Å². The molecule has 0 aromatic carbocycles. The molecular weight excluding hydrogens is 614 g/mol. The molecule has 2 unspecified atom stereocenters. The number of hydrogen-bond acceptors (Lipinski definition) is 8. The van der Waals surface area contributed by atoms with E-state index >= 15 is 0 Å². The van der Waals surface area contributed by atoms with Gasteiger partial charge in [0.15, 0.2) is 16.6 Å². The molecule has 0 aromatic rings. The van der Waals surface area contributed by atoms with Gasteiger partial charge in [0.1, 0.15) is 0 Å². The van der Waals surface area contributed by atoms with Gasteiger partial charge in [0.05, 0.1) is 25.4 Å². The summed E-state index contributed by atoms with van der Waals surface area (Å²) >= 11 is 0. The van der Waals surface area contributed by atoms with Crippen LogP contribution in [0.3, 0.4) is 0 Å². The highest BCUT2D eigenvalue weighted by molar-refractivity contribution is 6.90. The van der Waals surface area contributed by atoms with Gasteiger partial charge in [-0.3, -0.25) is 0 Å². The summed E-state index contributed by atoms with van der Waals surface area (Å²) in [6.07, 6.45) is -4.78. The SMILES string of the molecule is CC(O)COCCC[Si](C)(C)O[Si](C)(C)O[Si](C)(CCC(F)(F)F)O[Si](C)(C)O[Si](C)(C)CCCOCC(C)O. The molecule has 8 nitrogen and oxygen atoms in total. The molecule has 242 valence electrons. The predicted molar refractivity (Wildman–Crippen MR) is 165 cm³/mol. The van der Waals surface area contributed by atoms with Crippen LogP contribution in [0, 0.1) is 0 Å². The molecule has 2 N–H and O–H groups in total. The molecule has 40 heavy (non-hydrogen) atoms. The van der Waals surface area contributed by atoms with Crippen LogP contribution >= 0.6 is 0 Å². The second-order valence-electron chi connectivity index (χ2n) is 13.0. The van der Waals surface area contributed by atoms with E-state index in [0.29, 0.717) is 13.2 Å². The Morgan fingerprint density at radius 3 is 1.25 bits per heavy atom. The van der Waals surface area contributed by atoms with E-state index in [1.54, 1.807) is 20.4 Å². The summed E-state index contributed by atoms with van der Waals surface area (Å²) in [5.74, 6) is 0. The third-order valence-corrected chi connectivity index (χ3v) is 25.7. The summed E-state index contributed by atoms with van der Waals surface area (Å²) in [7, 11) is -13.5. The Labute approximate surface area is 246 Å². The highest BCUT2D eigenvalue weighted by Crippen LogP contribution is 2.34. The topological polar surface area (TPSA) is 95.8 Å². The Bertz CT molecular complexity index is 664. The smallest absolute Gasteiger partial charge is 0.389 e. The number of hydrogen-bond donors (Lipinski definition) is 2. The molecular formula is C24H57F3O8Si5. The van der Waals surface area contributed by atoms with Crippen molar-refractivity contribution in [2.75, 3.05) is 26.4 Å². The lowest BCUT2D eigenvalue weighted by Gasteiger charge is -2.44. The van der Waals surface area contributed by atoms with Crippen LogP contribution in [0.25, 0.3) is 0 Å². The minimum atomic E-state index is -4.32. The van der Waals surface area contributed by atoms with E-state index < -0.39 is 67.1 Å². The maximum absolute atomic E-state index is 13.3. The van der Waals surface area contributed by atoms with Crippen LogP contribution < -0.4 is 0 Å². The normalized spacial score (nSPS) is 17.1. The lowest BCUT2D eigenvalue weighted by atomic mass is 10.4. The average molecular weight is 671 g/mol. The number of alkyl halides is 3. The van der Waals surface area contributed by atoms with Crippen LogP contribution in [-0.2, 0) is 25.9 Å². The monoisotopic (exact) mass is 670 g/mol. The Balaban J connectivity index is 5.38. The molecule has 2 atom stereocenters. The second kappa shape index (κ2) is 17.1. The van der Waals surface area contributed by atoms with Gasteiger partial charge in [0.2, 0.25) is 0 Å². The summed E-state index contributed by atoms with van der Waals surface area (Å²) in [5, 5.41) is 18.7. The Morgan fingerprint density at radius 2 is 0.950 bits per heavy atom. The van der Waals surface area contributed by atoms with E-state index in [-0.39, 0.29) is 19.3 Å². The molecule has 0 saturated heterocycles. The van der Waals surface area contributed by atoms with Gasteiger partial charge in [0, 0.05) is 19.6 Å². The fourth-order valence-electron chi connectivity index (χ4n) is 4.71. The molecule has 0 aliphatic heterocycles. The molecule has 0 bridgehead atoms. The Kier molecular flexibility index (Phi) is 17.4. The summed E-state index contributed by atoms with van der Waals surface area (Å²) in [5.41, 5.74) is 0. The number of ether oxygens (including phenoxy) is 2. The van der Waals surface area contributed by atoms with Gasteiger partial charge in [-0.05, 0) is 104 Å². The zero-order valence-corrected chi connectivity index (χ0v) is 31.7. The van der Waals surface area contributed by atoms with Crippen LogP contribution in [0.4, 0.5) is 13.2 Å². The zero-order chi connectivity index (χ0) is 31.5. The summed E-state index contributed by atoms with van der Waals surface area (Å²) in [4.78, 5) is 0. The Hall–Kier alpha value is 0.554. The minimum Gasteiger partial charge on any atom is -0.436 e. The highest BCUT2D eigenvalue weighted by atomic mass is 28.5. The van der Waals surface area contributed by atoms with E-state index in [2.05, 4.69) is 26.2 Å². The van der Waals surface area contributed by atoms with Gasteiger partial charge in [-0.15, -0.1) is 0 Å². The van der Waals surface area contributed by atoms with Crippen molar-refractivity contribution >= 4 is 42.3 Å². The van der Waals surface area contributed by atoms with Crippen molar-refractivity contribution in [3.63, 3.8) is 0 Å². The van der Waals surface area contributed by atoms with Crippen LogP contribution in [0.15, 0.2) is 0 Å². The Morgan fingerprint density at radius 1 is 0.600 bits per heavy atom. The standard InChI is InChI=1S/C24H57F3O8Si5/c1-22(28)20-30-15-12-17-36(3,4)32-38(7,8)34-40(11,19-14-24(25,26)27)35-39(9,10)33-37(5,6)18-13-16-31-21-23(2)29/h22-23,28-29H,12-21H2,1-11H3. The lowest BCUT2D eigenvalue weighted by Crippen LogP contribution is -2.60. The zero-order valence-electron chi connectivity index (χ0n) is 26.7. The van der Waals surface area contributed by atoms with E-state index in [0.717, 1.165) is 24.9 Å². The average Bonchev–Trinajstić information content (AvgIpc) is 2.68. The van der Waals surface area contributed by atoms with Crippen LogP contribution in [-0.4, -0.2) is 97.3 Å². The van der Waals surface area contributed by atoms with Crippen molar-refractivity contribution in [2.24, 2.45) is 0 Å². The predicted octanol–water partition coefficient (Wildman–Crippen LogP) is 6.47. The summed E-state index contributed by atoms with van der Waals surface area (Å²) in [6.45, 7) is 22.5. The fraction of sp³-hybridized carbons (Fsp3) is 1.00. The first-order valence-electron chi connectivity index (χ1n) is 14.3. The van der Waals surface area contributed by atoms with E-state index in [1.165, 1.54) is 0 Å². The molecule has 0 radical (unpaired) electrons. The van der Waals surface area contributed by atoms with E-state index in [9.17, 15) is 23.4 Å². The largest absolute Gasteiger partial charge is 0.436 e. The van der Waals surface area contributed by atoms with Crippen molar-refractivity contribution in [2.45, 2.75) is 129 Å². The number of aliphatic hydroxyl groups excluding tert-OH is 2. The third kappa shape index (κ3) is 22.1. The maximum atomic E-state index is 13.3. The first-order chi connectivity index (χ1) is 17.9.